The molecule has 0 aliphatic carbocycles. The number of hydrogen-bond acceptors (Lipinski definition) is 4. The number of ether oxygens (including phenoxy) is 1. The van der Waals surface area contributed by atoms with Crippen molar-refractivity contribution >= 4 is 16.1 Å². The van der Waals surface area contributed by atoms with Gasteiger partial charge in [0, 0.05) is 0 Å². The lowest BCUT2D eigenvalue weighted by Gasteiger charge is -2.18. The minimum Gasteiger partial charge on any atom is -0.459 e. The molecule has 0 spiro atoms. The van der Waals surface area contributed by atoms with Crippen LogP contribution in [0.25, 0.3) is 0 Å². The molecule has 0 saturated carbocycles. The van der Waals surface area contributed by atoms with Gasteiger partial charge in [-0.05, 0) is 20.8 Å². The lowest BCUT2D eigenvalue weighted by atomic mass is 10.2. The minimum absolute atomic E-state index is 0.734. The third-order valence-corrected chi connectivity index (χ3v) is 1.32. The Morgan fingerprint density at radius 2 is 1.83 bits per heavy atom. The van der Waals surface area contributed by atoms with Gasteiger partial charge in [-0.1, -0.05) is 0 Å². The van der Waals surface area contributed by atoms with Crippen molar-refractivity contribution in [2.75, 3.05) is 5.75 Å². The molecule has 0 amide bonds. The van der Waals surface area contributed by atoms with Crippen molar-refractivity contribution < 1.29 is 22.5 Å². The molecule has 0 aromatic heterocycles. The third kappa shape index (κ3) is 7.49. The molecule has 5 nitrogen and oxygen atoms in total. The van der Waals surface area contributed by atoms with E-state index in [9.17, 15) is 13.2 Å². The highest BCUT2D eigenvalue weighted by molar-refractivity contribution is 7.86. The second-order valence-electron chi connectivity index (χ2n) is 3.31. The molecular weight excluding hydrogens is 184 g/mol. The van der Waals surface area contributed by atoms with Crippen molar-refractivity contribution in [3.8, 4) is 0 Å². The fourth-order valence-electron chi connectivity index (χ4n) is 0.520. The Kier molecular flexibility index (Phi) is 3.23. The molecule has 0 aliphatic heterocycles. The molecule has 0 unspecified atom stereocenters. The van der Waals surface area contributed by atoms with E-state index in [1.54, 1.807) is 20.8 Å². The predicted octanol–water partition coefficient (Wildman–Crippen LogP) is 0.216. The molecule has 6 heteroatoms. The van der Waals surface area contributed by atoms with E-state index in [0.717, 1.165) is 0 Å². The fourth-order valence-corrected chi connectivity index (χ4v) is 0.877. The zero-order chi connectivity index (χ0) is 9.99. The molecule has 0 radical (unpaired) electrons. The molecule has 0 fully saturated rings. The van der Waals surface area contributed by atoms with E-state index in [-0.39, 0.29) is 0 Å². The SMILES string of the molecule is CC(C)(C)OC(=O)CS(=O)(=O)O. The Balaban J connectivity index is 4.10. The maximum absolute atomic E-state index is 10.7. The van der Waals surface area contributed by atoms with Gasteiger partial charge in [-0.3, -0.25) is 9.35 Å². The lowest BCUT2D eigenvalue weighted by Crippen LogP contribution is -2.28. The summed E-state index contributed by atoms with van der Waals surface area (Å²) < 4.78 is 33.3. The summed E-state index contributed by atoms with van der Waals surface area (Å²) in [5, 5.41) is 0. The first-order valence-electron chi connectivity index (χ1n) is 3.27. The Labute approximate surface area is 71.5 Å². The van der Waals surface area contributed by atoms with Crippen LogP contribution in [0, 0.1) is 0 Å². The van der Waals surface area contributed by atoms with Crippen LogP contribution in [0.4, 0.5) is 0 Å². The van der Waals surface area contributed by atoms with Crippen LogP contribution in [0.2, 0.25) is 0 Å². The van der Waals surface area contributed by atoms with Crippen molar-refractivity contribution in [2.24, 2.45) is 0 Å². The van der Waals surface area contributed by atoms with Crippen molar-refractivity contribution in [2.45, 2.75) is 26.4 Å². The van der Waals surface area contributed by atoms with Gasteiger partial charge < -0.3 is 4.74 Å². The average molecular weight is 196 g/mol. The summed E-state index contributed by atoms with van der Waals surface area (Å²) in [5.74, 6) is -1.95. The highest BCUT2D eigenvalue weighted by atomic mass is 32.2. The van der Waals surface area contributed by atoms with Gasteiger partial charge in [-0.25, -0.2) is 0 Å². The zero-order valence-corrected chi connectivity index (χ0v) is 8.01. The largest absolute Gasteiger partial charge is 0.459 e. The number of hydrogen-bond donors (Lipinski definition) is 1. The van der Waals surface area contributed by atoms with Crippen LogP contribution in [-0.2, 0) is 19.6 Å². The summed E-state index contributed by atoms with van der Waals surface area (Å²) in [5.41, 5.74) is -0.734. The maximum atomic E-state index is 10.7. The molecule has 0 heterocycles. The molecule has 72 valence electrons. The average Bonchev–Trinajstić information content (AvgIpc) is 1.49. The summed E-state index contributed by atoms with van der Waals surface area (Å²) in [6.45, 7) is 4.82. The first-order valence-corrected chi connectivity index (χ1v) is 4.88. The fraction of sp³-hybridized carbons (Fsp3) is 0.833. The van der Waals surface area contributed by atoms with E-state index in [1.165, 1.54) is 0 Å². The van der Waals surface area contributed by atoms with Crippen LogP contribution < -0.4 is 0 Å². The molecule has 0 atom stereocenters. The van der Waals surface area contributed by atoms with E-state index in [0.29, 0.717) is 0 Å². The van der Waals surface area contributed by atoms with Crippen molar-refractivity contribution in [1.82, 2.24) is 0 Å². The van der Waals surface area contributed by atoms with Crippen LogP contribution in [0.1, 0.15) is 20.8 Å². The van der Waals surface area contributed by atoms with Crippen LogP contribution in [-0.4, -0.2) is 30.3 Å². The molecule has 0 aliphatic rings. The lowest BCUT2D eigenvalue weighted by molar-refractivity contribution is -0.151. The third-order valence-electron chi connectivity index (χ3n) is 0.720. The number of carbonyl (C=O) groups is 1. The molecule has 0 aromatic carbocycles. The van der Waals surface area contributed by atoms with Gasteiger partial charge in [0.15, 0.2) is 5.75 Å². The van der Waals surface area contributed by atoms with Crippen molar-refractivity contribution in [1.29, 1.82) is 0 Å². The van der Waals surface area contributed by atoms with Crippen LogP contribution >= 0.6 is 0 Å². The maximum Gasteiger partial charge on any atom is 0.324 e. The van der Waals surface area contributed by atoms with Gasteiger partial charge in [0.05, 0.1) is 0 Å². The van der Waals surface area contributed by atoms with Gasteiger partial charge in [0.25, 0.3) is 10.1 Å². The zero-order valence-electron chi connectivity index (χ0n) is 7.20. The Hall–Kier alpha value is -0.620. The first kappa shape index (κ1) is 11.4. The quantitative estimate of drug-likeness (QED) is 0.504. The predicted molar refractivity (Wildman–Crippen MR) is 42.3 cm³/mol. The van der Waals surface area contributed by atoms with Gasteiger partial charge in [-0.2, -0.15) is 8.42 Å². The second kappa shape index (κ2) is 3.40. The van der Waals surface area contributed by atoms with E-state index >= 15 is 0 Å². The molecule has 12 heavy (non-hydrogen) atoms. The smallest absolute Gasteiger partial charge is 0.324 e. The number of carbonyl (C=O) groups excluding carboxylic acids is 1. The Morgan fingerprint density at radius 3 is 2.08 bits per heavy atom. The van der Waals surface area contributed by atoms with Crippen LogP contribution in [0.3, 0.4) is 0 Å². The molecule has 0 saturated heterocycles. The summed E-state index contributed by atoms with van der Waals surface area (Å²) >= 11 is 0. The van der Waals surface area contributed by atoms with E-state index in [1.807, 2.05) is 0 Å². The summed E-state index contributed by atoms with van der Waals surface area (Å²) in [6.07, 6.45) is 0. The standard InChI is InChI=1S/C6H12O5S/c1-6(2,3)11-5(7)4-12(8,9)10/h4H2,1-3H3,(H,8,9,10). The number of rotatable bonds is 2. The summed E-state index contributed by atoms with van der Waals surface area (Å²) in [4.78, 5) is 10.7. The Bertz CT molecular complexity index is 258. The summed E-state index contributed by atoms with van der Waals surface area (Å²) in [6, 6.07) is 0. The molecule has 0 bridgehead atoms. The highest BCUT2D eigenvalue weighted by Gasteiger charge is 2.20. The first-order chi connectivity index (χ1) is 5.10. The molecule has 0 aromatic rings. The van der Waals surface area contributed by atoms with Gasteiger partial charge in [0.2, 0.25) is 0 Å². The number of esters is 1. The monoisotopic (exact) mass is 196 g/mol. The van der Waals surface area contributed by atoms with E-state index in [2.05, 4.69) is 4.74 Å². The van der Waals surface area contributed by atoms with Crippen LogP contribution in [0.15, 0.2) is 0 Å². The van der Waals surface area contributed by atoms with Crippen LogP contribution in [0.5, 0.6) is 0 Å². The van der Waals surface area contributed by atoms with Crippen molar-refractivity contribution in [3.05, 3.63) is 0 Å². The topological polar surface area (TPSA) is 80.7 Å². The molecular formula is C6H12O5S. The summed E-state index contributed by atoms with van der Waals surface area (Å²) in [7, 11) is -4.27. The Morgan fingerprint density at radius 1 is 1.42 bits per heavy atom. The van der Waals surface area contributed by atoms with E-state index in [4.69, 9.17) is 4.55 Å². The van der Waals surface area contributed by atoms with E-state index < -0.39 is 27.4 Å². The normalized spacial score (nSPS) is 12.7. The molecule has 1 N–H and O–H groups in total. The van der Waals surface area contributed by atoms with Gasteiger partial charge >= 0.3 is 5.97 Å². The second-order valence-corrected chi connectivity index (χ2v) is 4.77. The van der Waals surface area contributed by atoms with Crippen molar-refractivity contribution in [3.63, 3.8) is 0 Å². The highest BCUT2D eigenvalue weighted by Crippen LogP contribution is 2.07. The minimum atomic E-state index is -4.27. The van der Waals surface area contributed by atoms with Gasteiger partial charge in [-0.15, -0.1) is 0 Å². The molecule has 0 rings (SSSR count). The van der Waals surface area contributed by atoms with Gasteiger partial charge in [0.1, 0.15) is 5.60 Å².